The van der Waals surface area contributed by atoms with Crippen LogP contribution in [0.25, 0.3) is 0 Å². The largest absolute Gasteiger partial charge is 0.410 e. The first kappa shape index (κ1) is 15.8. The minimum Gasteiger partial charge on any atom is -0.410 e. The first-order chi connectivity index (χ1) is 6.84. The average Bonchev–Trinajstić information content (AvgIpc) is 1.99. The van der Waals surface area contributed by atoms with Crippen LogP contribution in [0.4, 0.5) is 0 Å². The van der Waals surface area contributed by atoms with Crippen molar-refractivity contribution in [3.8, 4) is 0 Å². The Hall–Kier alpha value is -0.220. The molecule has 16 heavy (non-hydrogen) atoms. The molecule has 0 saturated carbocycles. The molecule has 7 heteroatoms. The molecule has 0 fully saturated rings. The molecule has 0 aliphatic rings. The summed E-state index contributed by atoms with van der Waals surface area (Å²) in [6, 6.07) is 3.56. The van der Waals surface area contributed by atoms with E-state index in [1.54, 1.807) is 6.07 Å². The number of rotatable bonds is 1. The molecule has 3 nitrogen and oxygen atoms in total. The Bertz CT molecular complexity index is 381. The lowest BCUT2D eigenvalue weighted by Gasteiger charge is -2.12. The summed E-state index contributed by atoms with van der Waals surface area (Å²) in [4.78, 5) is 4.13. The molecule has 0 unspecified atom stereocenters. The van der Waals surface area contributed by atoms with Gasteiger partial charge in [-0.15, -0.1) is 12.4 Å². The molecule has 1 aromatic heterocycles. The van der Waals surface area contributed by atoms with Gasteiger partial charge in [-0.05, 0) is 31.5 Å². The first-order valence-corrected chi connectivity index (χ1v) is 5.23. The molecule has 1 rings (SSSR count). The number of halogens is 4. The van der Waals surface area contributed by atoms with Crippen molar-refractivity contribution in [1.82, 2.24) is 4.98 Å². The van der Waals surface area contributed by atoms with Crippen molar-refractivity contribution in [3.63, 3.8) is 0 Å². The monoisotopic (exact) mass is 302 g/mol. The second-order valence-corrected chi connectivity index (χ2v) is 5.40. The van der Waals surface area contributed by atoms with Crippen LogP contribution in [0.3, 0.4) is 0 Å². The van der Waals surface area contributed by atoms with Gasteiger partial charge in [-0.3, -0.25) is 4.98 Å². The van der Waals surface area contributed by atoms with Gasteiger partial charge in [0.2, 0.25) is 3.79 Å². The topological polar surface area (TPSA) is 45.5 Å². The number of aryl methyl sites for hydroxylation is 2. The zero-order valence-corrected chi connectivity index (χ0v) is 11.6. The van der Waals surface area contributed by atoms with Crippen molar-refractivity contribution < 1.29 is 5.21 Å². The van der Waals surface area contributed by atoms with E-state index < -0.39 is 3.79 Å². The molecular weight excluding hydrogens is 294 g/mol. The van der Waals surface area contributed by atoms with E-state index in [4.69, 9.17) is 40.0 Å². The molecule has 0 aromatic carbocycles. The number of pyridine rings is 1. The number of oxime groups is 1. The van der Waals surface area contributed by atoms with Gasteiger partial charge in [0.15, 0.2) is 5.71 Å². The van der Waals surface area contributed by atoms with E-state index in [1.807, 2.05) is 19.9 Å². The van der Waals surface area contributed by atoms with Crippen molar-refractivity contribution >= 4 is 52.9 Å². The van der Waals surface area contributed by atoms with Gasteiger partial charge in [0.1, 0.15) is 0 Å². The first-order valence-electron chi connectivity index (χ1n) is 4.09. The van der Waals surface area contributed by atoms with Gasteiger partial charge in [0, 0.05) is 5.69 Å². The highest BCUT2D eigenvalue weighted by molar-refractivity contribution is 6.77. The summed E-state index contributed by atoms with van der Waals surface area (Å²) >= 11 is 16.9. The van der Waals surface area contributed by atoms with E-state index in [2.05, 4.69) is 10.1 Å². The second kappa shape index (κ2) is 5.92. The molecule has 0 bridgehead atoms. The third-order valence-corrected chi connectivity index (χ3v) is 2.25. The Morgan fingerprint density at radius 3 is 2.25 bits per heavy atom. The van der Waals surface area contributed by atoms with Crippen LogP contribution in [0.1, 0.15) is 17.0 Å². The third-order valence-electron chi connectivity index (χ3n) is 1.71. The molecule has 0 aliphatic carbocycles. The van der Waals surface area contributed by atoms with Crippen LogP contribution in [0.15, 0.2) is 17.3 Å². The van der Waals surface area contributed by atoms with Gasteiger partial charge in [0.25, 0.3) is 0 Å². The highest BCUT2D eigenvalue weighted by atomic mass is 35.6. The summed E-state index contributed by atoms with van der Waals surface area (Å²) < 4.78 is -1.79. The Morgan fingerprint density at radius 1 is 1.31 bits per heavy atom. The fourth-order valence-corrected chi connectivity index (χ4v) is 1.62. The predicted octanol–water partition coefficient (Wildman–Crippen LogP) is 3.67. The van der Waals surface area contributed by atoms with Gasteiger partial charge in [-0.1, -0.05) is 40.0 Å². The van der Waals surface area contributed by atoms with Crippen molar-refractivity contribution in [2.75, 3.05) is 0 Å². The number of nitrogens with zero attached hydrogens (tertiary/aromatic N) is 2. The predicted molar refractivity (Wildman–Crippen MR) is 69.6 cm³/mol. The third kappa shape index (κ3) is 3.98. The van der Waals surface area contributed by atoms with Crippen LogP contribution in [-0.4, -0.2) is 19.7 Å². The van der Waals surface area contributed by atoms with Gasteiger partial charge in [-0.2, -0.15) is 0 Å². The number of hydrogen-bond donors (Lipinski definition) is 1. The van der Waals surface area contributed by atoms with E-state index in [0.717, 1.165) is 11.3 Å². The maximum atomic E-state index is 8.79. The minimum absolute atomic E-state index is 0. The Labute approximate surface area is 115 Å². The zero-order chi connectivity index (χ0) is 11.6. The van der Waals surface area contributed by atoms with Crippen molar-refractivity contribution in [2.24, 2.45) is 5.16 Å². The quantitative estimate of drug-likeness (QED) is 0.372. The molecule has 0 radical (unpaired) electrons. The van der Waals surface area contributed by atoms with E-state index in [-0.39, 0.29) is 18.1 Å². The van der Waals surface area contributed by atoms with Gasteiger partial charge >= 0.3 is 0 Å². The molecule has 0 aliphatic heterocycles. The maximum absolute atomic E-state index is 8.79. The van der Waals surface area contributed by atoms with Crippen molar-refractivity contribution in [2.45, 2.75) is 17.6 Å². The zero-order valence-electron chi connectivity index (χ0n) is 8.54. The Balaban J connectivity index is 0.00000225. The molecule has 1 heterocycles. The smallest absolute Gasteiger partial charge is 0.237 e. The van der Waals surface area contributed by atoms with Gasteiger partial charge in [-0.25, -0.2) is 0 Å². The van der Waals surface area contributed by atoms with Crippen molar-refractivity contribution in [3.05, 3.63) is 29.1 Å². The van der Waals surface area contributed by atoms with Gasteiger partial charge in [0.05, 0.1) is 5.69 Å². The molecule has 1 aromatic rings. The van der Waals surface area contributed by atoms with E-state index in [9.17, 15) is 0 Å². The highest BCUT2D eigenvalue weighted by Crippen LogP contribution is 2.30. The summed E-state index contributed by atoms with van der Waals surface area (Å²) in [6.45, 7) is 3.69. The standard InChI is InChI=1S/C9H9Cl3N2O.ClH/c1-5-3-6(2)13-7(4-5)8(14-15)9(10,11)12;/h3-4,15H,1-2H3;1H. The normalized spacial score (nSPS) is 12.2. The lowest BCUT2D eigenvalue weighted by atomic mass is 10.2. The van der Waals surface area contributed by atoms with E-state index >= 15 is 0 Å². The Morgan fingerprint density at radius 2 is 1.88 bits per heavy atom. The molecule has 0 atom stereocenters. The molecule has 90 valence electrons. The molecule has 0 amide bonds. The summed E-state index contributed by atoms with van der Waals surface area (Å²) in [6.07, 6.45) is 0. The van der Waals surface area contributed by atoms with Crippen LogP contribution < -0.4 is 0 Å². The average molecular weight is 304 g/mol. The van der Waals surface area contributed by atoms with E-state index in [1.165, 1.54) is 0 Å². The minimum atomic E-state index is -1.79. The van der Waals surface area contributed by atoms with Gasteiger partial charge < -0.3 is 5.21 Å². The van der Waals surface area contributed by atoms with Crippen molar-refractivity contribution in [1.29, 1.82) is 0 Å². The van der Waals surface area contributed by atoms with Crippen LogP contribution in [0.5, 0.6) is 0 Å². The van der Waals surface area contributed by atoms with Crippen LogP contribution in [0, 0.1) is 13.8 Å². The number of alkyl halides is 3. The maximum Gasteiger partial charge on any atom is 0.237 e. The van der Waals surface area contributed by atoms with E-state index in [0.29, 0.717) is 5.69 Å². The summed E-state index contributed by atoms with van der Waals surface area (Å²) in [5.74, 6) is 0. The molecule has 0 spiro atoms. The molecule has 0 saturated heterocycles. The molecular formula is C9H10Cl4N2O. The summed E-state index contributed by atoms with van der Waals surface area (Å²) in [5, 5.41) is 11.8. The lowest BCUT2D eigenvalue weighted by molar-refractivity contribution is 0.318. The van der Waals surface area contributed by atoms with Crippen LogP contribution >= 0.6 is 47.2 Å². The lowest BCUT2D eigenvalue weighted by Crippen LogP contribution is -2.22. The highest BCUT2D eigenvalue weighted by Gasteiger charge is 2.31. The number of aromatic nitrogens is 1. The Kier molecular flexibility index (Phi) is 5.84. The fraction of sp³-hybridized carbons (Fsp3) is 0.333. The fourth-order valence-electron chi connectivity index (χ4n) is 1.22. The number of hydrogen-bond acceptors (Lipinski definition) is 3. The summed E-state index contributed by atoms with van der Waals surface area (Å²) in [5.41, 5.74) is 1.99. The van der Waals surface area contributed by atoms with Crippen LogP contribution in [0.2, 0.25) is 0 Å². The second-order valence-electron chi connectivity index (χ2n) is 3.12. The van der Waals surface area contributed by atoms with Crippen LogP contribution in [-0.2, 0) is 0 Å². The molecule has 1 N–H and O–H groups in total. The summed E-state index contributed by atoms with van der Waals surface area (Å²) in [7, 11) is 0. The SMILES string of the molecule is Cc1cc(C)nc(C(=NO)C(Cl)(Cl)Cl)c1.Cl.